The van der Waals surface area contributed by atoms with Gasteiger partial charge in [-0.15, -0.1) is 0 Å². The minimum Gasteiger partial charge on any atom is -0.299 e. The third-order valence-corrected chi connectivity index (χ3v) is 4.91. The molecule has 60 valence electrons. The van der Waals surface area contributed by atoms with Gasteiger partial charge < -0.3 is 0 Å². The highest BCUT2D eigenvalue weighted by Gasteiger charge is 2.82. The van der Waals surface area contributed by atoms with Gasteiger partial charge in [-0.25, -0.2) is 0 Å². The minimum absolute atomic E-state index is 0.0625. The van der Waals surface area contributed by atoms with E-state index < -0.39 is 0 Å². The van der Waals surface area contributed by atoms with Crippen LogP contribution in [0.3, 0.4) is 0 Å². The number of ketones is 1. The van der Waals surface area contributed by atoms with Gasteiger partial charge in [0.15, 0.2) is 0 Å². The van der Waals surface area contributed by atoms with E-state index in [-0.39, 0.29) is 5.41 Å². The highest BCUT2D eigenvalue weighted by molar-refractivity contribution is 5.97. The van der Waals surface area contributed by atoms with Gasteiger partial charge in [0.05, 0.1) is 0 Å². The molecule has 0 spiro atoms. The van der Waals surface area contributed by atoms with Crippen molar-refractivity contribution in [1.29, 1.82) is 0 Å². The lowest BCUT2D eigenvalue weighted by molar-refractivity contribution is -0.127. The van der Waals surface area contributed by atoms with Gasteiger partial charge in [-0.2, -0.15) is 0 Å². The standard InChI is InChI=1S/C10H14O/c1-9(2)7-5-4-10(9,3)8(11)6(5)7/h5-7H,4H2,1-3H3/t5?,6?,7-,10+/m1/s1. The van der Waals surface area contributed by atoms with Crippen molar-refractivity contribution in [2.24, 2.45) is 28.6 Å². The van der Waals surface area contributed by atoms with Crippen molar-refractivity contribution in [1.82, 2.24) is 0 Å². The topological polar surface area (TPSA) is 17.1 Å². The van der Waals surface area contributed by atoms with E-state index in [1.54, 1.807) is 0 Å². The van der Waals surface area contributed by atoms with E-state index in [0.717, 1.165) is 11.8 Å². The monoisotopic (exact) mass is 150 g/mol. The van der Waals surface area contributed by atoms with E-state index >= 15 is 0 Å². The van der Waals surface area contributed by atoms with E-state index in [1.165, 1.54) is 6.42 Å². The SMILES string of the molecule is CC1(C)[C@@H]2C3C[C@@]1(C)C(=O)C32. The maximum atomic E-state index is 11.7. The molecular formula is C10H14O. The van der Waals surface area contributed by atoms with E-state index in [0.29, 0.717) is 17.1 Å². The highest BCUT2D eigenvalue weighted by Crippen LogP contribution is 2.81. The number of carbonyl (C=O) groups is 1. The van der Waals surface area contributed by atoms with E-state index in [4.69, 9.17) is 0 Å². The molecule has 4 aliphatic rings. The molecule has 4 aliphatic carbocycles. The lowest BCUT2D eigenvalue weighted by Gasteiger charge is -2.32. The van der Waals surface area contributed by atoms with E-state index in [9.17, 15) is 4.79 Å². The van der Waals surface area contributed by atoms with Crippen LogP contribution in [-0.4, -0.2) is 5.78 Å². The fraction of sp³-hybridized carbons (Fsp3) is 0.900. The summed E-state index contributed by atoms with van der Waals surface area (Å²) in [6, 6.07) is 0. The molecule has 0 aromatic heterocycles. The molecule has 4 rings (SSSR count). The third-order valence-electron chi connectivity index (χ3n) is 4.91. The first-order valence-corrected chi connectivity index (χ1v) is 4.54. The molecule has 2 unspecified atom stereocenters. The summed E-state index contributed by atoms with van der Waals surface area (Å²) in [6.45, 7) is 6.74. The van der Waals surface area contributed by atoms with Crippen LogP contribution in [-0.2, 0) is 4.79 Å². The largest absolute Gasteiger partial charge is 0.299 e. The molecule has 11 heavy (non-hydrogen) atoms. The van der Waals surface area contributed by atoms with Crippen molar-refractivity contribution in [2.75, 3.05) is 0 Å². The number of carbonyl (C=O) groups excluding carboxylic acids is 1. The summed E-state index contributed by atoms with van der Waals surface area (Å²) in [5, 5.41) is 0. The molecule has 4 atom stereocenters. The molecule has 0 aromatic rings. The first-order valence-electron chi connectivity index (χ1n) is 4.54. The molecule has 4 saturated carbocycles. The summed E-state index contributed by atoms with van der Waals surface area (Å²) in [5.41, 5.74) is 0.381. The zero-order valence-electron chi connectivity index (χ0n) is 7.35. The van der Waals surface area contributed by atoms with Crippen LogP contribution in [0.5, 0.6) is 0 Å². The van der Waals surface area contributed by atoms with Gasteiger partial charge in [0.1, 0.15) is 5.78 Å². The molecule has 1 nitrogen and oxygen atoms in total. The molecule has 0 saturated heterocycles. The Kier molecular flexibility index (Phi) is 0.675. The van der Waals surface area contributed by atoms with Crippen LogP contribution in [0.1, 0.15) is 27.2 Å². The van der Waals surface area contributed by atoms with Crippen LogP contribution in [0.25, 0.3) is 0 Å². The lowest BCUT2D eigenvalue weighted by Crippen LogP contribution is -2.32. The molecule has 4 fully saturated rings. The smallest absolute Gasteiger partial charge is 0.142 e. The summed E-state index contributed by atoms with van der Waals surface area (Å²) < 4.78 is 0. The molecule has 0 amide bonds. The minimum atomic E-state index is 0.0625. The van der Waals surface area contributed by atoms with Gasteiger partial charge in [0.2, 0.25) is 0 Å². The van der Waals surface area contributed by atoms with Gasteiger partial charge in [-0.1, -0.05) is 20.8 Å². The molecular weight excluding hydrogens is 136 g/mol. The molecule has 0 aliphatic heterocycles. The van der Waals surface area contributed by atoms with Crippen LogP contribution in [0.2, 0.25) is 0 Å². The zero-order valence-corrected chi connectivity index (χ0v) is 7.35. The van der Waals surface area contributed by atoms with Gasteiger partial charge in [-0.05, 0) is 23.7 Å². The zero-order chi connectivity index (χ0) is 8.02. The van der Waals surface area contributed by atoms with Gasteiger partial charge >= 0.3 is 0 Å². The van der Waals surface area contributed by atoms with Gasteiger partial charge in [0, 0.05) is 11.3 Å². The summed E-state index contributed by atoms with van der Waals surface area (Å²) in [4.78, 5) is 11.7. The maximum Gasteiger partial charge on any atom is 0.142 e. The number of hydrogen-bond donors (Lipinski definition) is 0. The Morgan fingerprint density at radius 1 is 1.36 bits per heavy atom. The molecule has 0 N–H and O–H groups in total. The van der Waals surface area contributed by atoms with Crippen LogP contribution in [0, 0.1) is 28.6 Å². The first-order chi connectivity index (χ1) is 5.00. The van der Waals surface area contributed by atoms with Crippen LogP contribution >= 0.6 is 0 Å². The second-order valence-electron chi connectivity index (χ2n) is 5.34. The highest BCUT2D eigenvalue weighted by atomic mass is 16.1. The summed E-state index contributed by atoms with van der Waals surface area (Å²) >= 11 is 0. The van der Waals surface area contributed by atoms with Crippen molar-refractivity contribution in [3.05, 3.63) is 0 Å². The van der Waals surface area contributed by atoms with Gasteiger partial charge in [-0.3, -0.25) is 4.79 Å². The average Bonchev–Trinajstić information content (AvgIpc) is 2.43. The Hall–Kier alpha value is -0.330. The maximum absolute atomic E-state index is 11.7. The van der Waals surface area contributed by atoms with Crippen molar-refractivity contribution < 1.29 is 4.79 Å². The van der Waals surface area contributed by atoms with Crippen molar-refractivity contribution >= 4 is 5.78 Å². The first kappa shape index (κ1) is 6.22. The Labute approximate surface area is 67.2 Å². The second-order valence-corrected chi connectivity index (χ2v) is 5.34. The van der Waals surface area contributed by atoms with Crippen LogP contribution in [0.4, 0.5) is 0 Å². The van der Waals surface area contributed by atoms with Crippen molar-refractivity contribution in [2.45, 2.75) is 27.2 Å². The van der Waals surface area contributed by atoms with Crippen LogP contribution in [0.15, 0.2) is 0 Å². The number of Topliss-reactive ketones (excluding diaryl/α,β-unsaturated/α-hetero) is 1. The summed E-state index contributed by atoms with van der Waals surface area (Å²) in [6.07, 6.45) is 1.19. The predicted molar refractivity (Wildman–Crippen MR) is 42.0 cm³/mol. The molecule has 0 aromatic carbocycles. The third kappa shape index (κ3) is 0.361. The normalized spacial score (nSPS) is 62.1. The number of hydrogen-bond acceptors (Lipinski definition) is 1. The number of rotatable bonds is 0. The Morgan fingerprint density at radius 2 is 2.00 bits per heavy atom. The molecule has 0 radical (unpaired) electrons. The molecule has 4 bridgehead atoms. The lowest BCUT2D eigenvalue weighted by atomic mass is 9.70. The van der Waals surface area contributed by atoms with E-state index in [2.05, 4.69) is 20.8 Å². The fourth-order valence-corrected chi connectivity index (χ4v) is 3.86. The predicted octanol–water partition coefficient (Wildman–Crippen LogP) is 1.87. The molecule has 1 heteroatoms. The molecule has 0 heterocycles. The quantitative estimate of drug-likeness (QED) is 0.515. The van der Waals surface area contributed by atoms with E-state index in [1.807, 2.05) is 0 Å². The second kappa shape index (κ2) is 1.19. The van der Waals surface area contributed by atoms with Crippen molar-refractivity contribution in [3.8, 4) is 0 Å². The van der Waals surface area contributed by atoms with Gasteiger partial charge in [0.25, 0.3) is 0 Å². The summed E-state index contributed by atoms with van der Waals surface area (Å²) in [5.74, 6) is 2.63. The Morgan fingerprint density at radius 3 is 2.09 bits per heavy atom. The van der Waals surface area contributed by atoms with Crippen LogP contribution < -0.4 is 0 Å². The van der Waals surface area contributed by atoms with Crippen molar-refractivity contribution in [3.63, 3.8) is 0 Å². The summed E-state index contributed by atoms with van der Waals surface area (Å²) in [7, 11) is 0. The fourth-order valence-electron chi connectivity index (χ4n) is 3.86. The Bertz CT molecular complexity index is 266. The average molecular weight is 150 g/mol. The Balaban J connectivity index is 2.23.